The molecule has 76 valence electrons. The summed E-state index contributed by atoms with van der Waals surface area (Å²) >= 11 is 0. The van der Waals surface area contributed by atoms with E-state index in [1.165, 1.54) is 19.9 Å². The number of aliphatic carboxylic acids is 1. The van der Waals surface area contributed by atoms with E-state index in [1.807, 2.05) is 0 Å². The minimum absolute atomic E-state index is 0.410. The Bertz CT molecular complexity index is 352. The van der Waals surface area contributed by atoms with E-state index in [2.05, 4.69) is 0 Å². The molecule has 1 aromatic carbocycles. The van der Waals surface area contributed by atoms with Crippen molar-refractivity contribution in [2.45, 2.75) is 19.3 Å². The molecule has 1 rings (SSSR count). The third kappa shape index (κ3) is 1.60. The first kappa shape index (κ1) is 10.6. The highest BCUT2D eigenvalue weighted by Crippen LogP contribution is 2.28. The maximum Gasteiger partial charge on any atom is 0.313 e. The van der Waals surface area contributed by atoms with Crippen LogP contribution in [0.3, 0.4) is 0 Å². The SMILES string of the molecule is CC(C)(C(=O)O)c1c(F)cccc1F. The van der Waals surface area contributed by atoms with Gasteiger partial charge in [-0.15, -0.1) is 0 Å². The Hall–Kier alpha value is -1.45. The molecule has 0 heterocycles. The second-order valence-electron chi connectivity index (χ2n) is 3.53. The number of carboxylic acid groups (broad SMARTS) is 1. The van der Waals surface area contributed by atoms with Gasteiger partial charge < -0.3 is 5.11 Å². The van der Waals surface area contributed by atoms with Crippen LogP contribution >= 0.6 is 0 Å². The van der Waals surface area contributed by atoms with Crippen molar-refractivity contribution in [3.05, 3.63) is 35.4 Å². The van der Waals surface area contributed by atoms with E-state index >= 15 is 0 Å². The zero-order chi connectivity index (χ0) is 10.9. The number of benzene rings is 1. The molecule has 0 aliphatic heterocycles. The molecule has 1 N–H and O–H groups in total. The molecule has 0 aromatic heterocycles. The molecule has 0 spiro atoms. The van der Waals surface area contributed by atoms with Gasteiger partial charge in [0, 0.05) is 5.56 Å². The molecule has 1 aromatic rings. The third-order valence-electron chi connectivity index (χ3n) is 2.12. The van der Waals surface area contributed by atoms with Crippen molar-refractivity contribution in [2.24, 2.45) is 0 Å². The van der Waals surface area contributed by atoms with Gasteiger partial charge in [-0.1, -0.05) is 6.07 Å². The highest BCUT2D eigenvalue weighted by atomic mass is 19.1. The van der Waals surface area contributed by atoms with Crippen molar-refractivity contribution in [1.29, 1.82) is 0 Å². The summed E-state index contributed by atoms with van der Waals surface area (Å²) < 4.78 is 26.4. The van der Waals surface area contributed by atoms with E-state index in [-0.39, 0.29) is 0 Å². The standard InChI is InChI=1S/C10H10F2O2/c1-10(2,9(13)14)8-6(11)4-3-5-7(8)12/h3-5H,1-2H3,(H,13,14). The number of hydrogen-bond donors (Lipinski definition) is 1. The Morgan fingerprint density at radius 3 is 2.07 bits per heavy atom. The number of hydrogen-bond acceptors (Lipinski definition) is 1. The van der Waals surface area contributed by atoms with Gasteiger partial charge >= 0.3 is 5.97 Å². The Kier molecular flexibility index (Phi) is 2.55. The van der Waals surface area contributed by atoms with Crippen LogP contribution < -0.4 is 0 Å². The summed E-state index contributed by atoms with van der Waals surface area (Å²) in [7, 11) is 0. The zero-order valence-corrected chi connectivity index (χ0v) is 7.84. The van der Waals surface area contributed by atoms with Crippen LogP contribution in [0, 0.1) is 11.6 Å². The topological polar surface area (TPSA) is 37.3 Å². The fraction of sp³-hybridized carbons (Fsp3) is 0.300. The summed E-state index contributed by atoms with van der Waals surface area (Å²) in [6.07, 6.45) is 0. The second-order valence-corrected chi connectivity index (χ2v) is 3.53. The van der Waals surface area contributed by atoms with Crippen molar-refractivity contribution >= 4 is 5.97 Å². The average Bonchev–Trinajstić information content (AvgIpc) is 2.02. The van der Waals surface area contributed by atoms with Crippen LogP contribution in [-0.2, 0) is 10.2 Å². The van der Waals surface area contributed by atoms with E-state index in [0.29, 0.717) is 0 Å². The van der Waals surface area contributed by atoms with Crippen LogP contribution in [0.1, 0.15) is 19.4 Å². The minimum Gasteiger partial charge on any atom is -0.481 e. The summed E-state index contributed by atoms with van der Waals surface area (Å²) in [5.41, 5.74) is -1.97. The molecule has 0 aliphatic carbocycles. The lowest BCUT2D eigenvalue weighted by Crippen LogP contribution is -2.30. The fourth-order valence-electron chi connectivity index (χ4n) is 1.20. The number of carboxylic acids is 1. The van der Waals surface area contributed by atoms with E-state index in [0.717, 1.165) is 12.1 Å². The zero-order valence-electron chi connectivity index (χ0n) is 7.84. The lowest BCUT2D eigenvalue weighted by molar-refractivity contribution is -0.142. The van der Waals surface area contributed by atoms with Gasteiger partial charge in [0.15, 0.2) is 0 Å². The van der Waals surface area contributed by atoms with Crippen molar-refractivity contribution in [2.75, 3.05) is 0 Å². The normalized spacial score (nSPS) is 11.4. The predicted octanol–water partition coefficient (Wildman–Crippen LogP) is 2.33. The summed E-state index contributed by atoms with van der Waals surface area (Å²) in [5, 5.41) is 8.81. The Labute approximate surface area is 80.2 Å². The van der Waals surface area contributed by atoms with Gasteiger partial charge in [-0.2, -0.15) is 0 Å². The summed E-state index contributed by atoms with van der Waals surface area (Å²) in [4.78, 5) is 10.8. The highest BCUT2D eigenvalue weighted by molar-refractivity contribution is 5.80. The Morgan fingerprint density at radius 2 is 1.71 bits per heavy atom. The van der Waals surface area contributed by atoms with Crippen molar-refractivity contribution < 1.29 is 18.7 Å². The van der Waals surface area contributed by atoms with Crippen LogP contribution in [0.25, 0.3) is 0 Å². The monoisotopic (exact) mass is 200 g/mol. The predicted molar refractivity (Wildman–Crippen MR) is 47.0 cm³/mol. The van der Waals surface area contributed by atoms with Crippen LogP contribution in [0.5, 0.6) is 0 Å². The van der Waals surface area contributed by atoms with E-state index in [1.54, 1.807) is 0 Å². The Morgan fingerprint density at radius 1 is 1.29 bits per heavy atom. The summed E-state index contributed by atoms with van der Waals surface area (Å²) in [6, 6.07) is 3.29. The molecule has 0 fully saturated rings. The van der Waals surface area contributed by atoms with Crippen molar-refractivity contribution in [3.63, 3.8) is 0 Å². The lowest BCUT2D eigenvalue weighted by atomic mass is 9.84. The molecular formula is C10H10F2O2. The summed E-state index contributed by atoms with van der Waals surface area (Å²) in [6.45, 7) is 2.52. The number of carbonyl (C=O) groups is 1. The highest BCUT2D eigenvalue weighted by Gasteiger charge is 2.34. The summed E-state index contributed by atoms with van der Waals surface area (Å²) in [5.74, 6) is -2.93. The number of rotatable bonds is 2. The smallest absolute Gasteiger partial charge is 0.313 e. The van der Waals surface area contributed by atoms with Gasteiger partial charge in [-0.25, -0.2) is 8.78 Å². The Balaban J connectivity index is 3.38. The van der Waals surface area contributed by atoms with Crippen molar-refractivity contribution in [1.82, 2.24) is 0 Å². The molecule has 0 atom stereocenters. The van der Waals surface area contributed by atoms with Crippen LogP contribution in [0.2, 0.25) is 0 Å². The van der Waals surface area contributed by atoms with E-state index in [9.17, 15) is 13.6 Å². The minimum atomic E-state index is -1.56. The quantitative estimate of drug-likeness (QED) is 0.795. The van der Waals surface area contributed by atoms with Crippen LogP contribution in [-0.4, -0.2) is 11.1 Å². The van der Waals surface area contributed by atoms with Gasteiger partial charge in [0.25, 0.3) is 0 Å². The van der Waals surface area contributed by atoms with E-state index < -0.39 is 28.6 Å². The maximum absolute atomic E-state index is 13.2. The molecule has 0 saturated carbocycles. The van der Waals surface area contributed by atoms with Gasteiger partial charge in [-0.05, 0) is 26.0 Å². The van der Waals surface area contributed by atoms with E-state index in [4.69, 9.17) is 5.11 Å². The average molecular weight is 200 g/mol. The molecule has 0 radical (unpaired) electrons. The third-order valence-corrected chi connectivity index (χ3v) is 2.12. The first-order valence-corrected chi connectivity index (χ1v) is 4.05. The molecule has 0 aliphatic rings. The van der Waals surface area contributed by atoms with Crippen LogP contribution in [0.4, 0.5) is 8.78 Å². The largest absolute Gasteiger partial charge is 0.481 e. The first-order valence-electron chi connectivity index (χ1n) is 4.05. The van der Waals surface area contributed by atoms with Gasteiger partial charge in [0.05, 0.1) is 5.41 Å². The molecular weight excluding hydrogens is 190 g/mol. The molecule has 0 saturated heterocycles. The molecule has 14 heavy (non-hydrogen) atoms. The second kappa shape index (κ2) is 3.36. The van der Waals surface area contributed by atoms with Gasteiger partial charge in [-0.3, -0.25) is 4.79 Å². The molecule has 4 heteroatoms. The molecule has 0 bridgehead atoms. The van der Waals surface area contributed by atoms with Crippen molar-refractivity contribution in [3.8, 4) is 0 Å². The van der Waals surface area contributed by atoms with Gasteiger partial charge in [0.1, 0.15) is 11.6 Å². The molecule has 2 nitrogen and oxygen atoms in total. The lowest BCUT2D eigenvalue weighted by Gasteiger charge is -2.20. The number of halogens is 2. The maximum atomic E-state index is 13.2. The molecule has 0 unspecified atom stereocenters. The molecule has 0 amide bonds. The fourth-order valence-corrected chi connectivity index (χ4v) is 1.20. The first-order chi connectivity index (χ1) is 6.37. The van der Waals surface area contributed by atoms with Crippen LogP contribution in [0.15, 0.2) is 18.2 Å². The van der Waals surface area contributed by atoms with Gasteiger partial charge in [0.2, 0.25) is 0 Å².